The van der Waals surface area contributed by atoms with Crippen LogP contribution in [0.1, 0.15) is 6.42 Å². The van der Waals surface area contributed by atoms with E-state index in [1.165, 1.54) is 14.2 Å². The van der Waals surface area contributed by atoms with E-state index in [2.05, 4.69) is 10.1 Å². The van der Waals surface area contributed by atoms with E-state index in [1.807, 2.05) is 0 Å². The van der Waals surface area contributed by atoms with Crippen molar-refractivity contribution in [3.63, 3.8) is 0 Å². The molecule has 1 aromatic rings. The second kappa shape index (κ2) is 7.48. The molecule has 0 amide bonds. The minimum absolute atomic E-state index is 0.102. The number of carbonyl (C=O) groups excluding carboxylic acids is 1. The topological polar surface area (TPSA) is 90.7 Å². The van der Waals surface area contributed by atoms with Crippen molar-refractivity contribution in [2.24, 2.45) is 0 Å². The predicted molar refractivity (Wildman–Crippen MR) is 68.0 cm³/mol. The number of esters is 1. The Morgan fingerprint density at radius 3 is 2.62 bits per heavy atom. The number of nitro benzene ring substituents is 1. The maximum absolute atomic E-state index is 13.5. The molecule has 0 fully saturated rings. The number of ether oxygens (including phenoxy) is 2. The second-order valence-corrected chi connectivity index (χ2v) is 3.99. The quantitative estimate of drug-likeness (QED) is 0.465. The van der Waals surface area contributed by atoms with E-state index in [4.69, 9.17) is 4.74 Å². The molecule has 9 heteroatoms. The van der Waals surface area contributed by atoms with E-state index < -0.39 is 40.0 Å². The molecule has 0 bridgehead atoms. The van der Waals surface area contributed by atoms with Crippen molar-refractivity contribution in [2.75, 3.05) is 20.8 Å². The fraction of sp³-hybridized carbons (Fsp3) is 0.417. The van der Waals surface area contributed by atoms with E-state index in [-0.39, 0.29) is 13.0 Å². The third-order valence-electron chi connectivity index (χ3n) is 2.70. The van der Waals surface area contributed by atoms with Crippen molar-refractivity contribution in [1.29, 1.82) is 0 Å². The third kappa shape index (κ3) is 4.35. The summed E-state index contributed by atoms with van der Waals surface area (Å²) in [6.07, 6.45) is 0.154. The van der Waals surface area contributed by atoms with Crippen LogP contribution in [0.2, 0.25) is 0 Å². The Morgan fingerprint density at radius 2 is 2.10 bits per heavy atom. The first-order chi connectivity index (χ1) is 9.90. The van der Waals surface area contributed by atoms with Crippen LogP contribution in [0.4, 0.5) is 14.5 Å². The van der Waals surface area contributed by atoms with Gasteiger partial charge < -0.3 is 14.8 Å². The van der Waals surface area contributed by atoms with Crippen LogP contribution in [-0.2, 0) is 9.53 Å². The van der Waals surface area contributed by atoms with E-state index in [1.54, 1.807) is 0 Å². The average Bonchev–Trinajstić information content (AvgIpc) is 2.45. The second-order valence-electron chi connectivity index (χ2n) is 3.99. The van der Waals surface area contributed by atoms with Crippen LogP contribution in [-0.4, -0.2) is 37.7 Å². The lowest BCUT2D eigenvalue weighted by Crippen LogP contribution is -2.36. The summed E-state index contributed by atoms with van der Waals surface area (Å²) in [6.45, 7) is -0.102. The van der Waals surface area contributed by atoms with Gasteiger partial charge in [-0.25, -0.2) is 4.39 Å². The van der Waals surface area contributed by atoms with Gasteiger partial charge >= 0.3 is 11.7 Å². The minimum atomic E-state index is -1.20. The molecule has 0 saturated heterocycles. The number of nitro groups is 1. The van der Waals surface area contributed by atoms with Gasteiger partial charge in [-0.2, -0.15) is 4.39 Å². The monoisotopic (exact) mass is 304 g/mol. The number of benzene rings is 1. The fourth-order valence-corrected chi connectivity index (χ4v) is 1.58. The molecule has 0 aliphatic rings. The van der Waals surface area contributed by atoms with Gasteiger partial charge in [-0.3, -0.25) is 14.9 Å². The molecule has 0 heterocycles. The summed E-state index contributed by atoms with van der Waals surface area (Å²) < 4.78 is 36.4. The molecule has 0 spiro atoms. The zero-order chi connectivity index (χ0) is 16.0. The molecule has 116 valence electrons. The van der Waals surface area contributed by atoms with Crippen LogP contribution >= 0.6 is 0 Å². The number of halogens is 2. The van der Waals surface area contributed by atoms with Crippen molar-refractivity contribution in [3.05, 3.63) is 33.9 Å². The van der Waals surface area contributed by atoms with Gasteiger partial charge in [0.1, 0.15) is 6.04 Å². The zero-order valence-electron chi connectivity index (χ0n) is 11.4. The molecular weight excluding hydrogens is 290 g/mol. The molecule has 1 atom stereocenters. The van der Waals surface area contributed by atoms with Gasteiger partial charge in [-0.1, -0.05) is 0 Å². The first-order valence-corrected chi connectivity index (χ1v) is 5.92. The molecule has 1 aromatic carbocycles. The minimum Gasteiger partial charge on any atom is -0.490 e. The lowest BCUT2D eigenvalue weighted by Gasteiger charge is -2.14. The standard InChI is InChI=1S/C12H14F2N2O5/c1-15-9(12(17)20-2)3-4-21-11-6-7(13)10(16(18)19)5-8(11)14/h5-6,9,15H,3-4H2,1-2H3. The number of likely N-dealkylation sites (N-methyl/N-ethyl adjacent to an activating group) is 1. The highest BCUT2D eigenvalue weighted by atomic mass is 19.1. The Labute approximate surface area is 119 Å². The van der Waals surface area contributed by atoms with E-state index in [0.29, 0.717) is 12.1 Å². The largest absolute Gasteiger partial charge is 0.490 e. The number of carbonyl (C=O) groups is 1. The highest BCUT2D eigenvalue weighted by Crippen LogP contribution is 2.26. The first-order valence-electron chi connectivity index (χ1n) is 5.92. The SMILES string of the molecule is CNC(CCOc1cc(F)c([N+](=O)[O-])cc1F)C(=O)OC. The highest BCUT2D eigenvalue weighted by Gasteiger charge is 2.20. The summed E-state index contributed by atoms with van der Waals surface area (Å²) in [4.78, 5) is 20.7. The molecule has 1 unspecified atom stereocenters. The molecule has 1 rings (SSSR count). The van der Waals surface area contributed by atoms with Crippen molar-refractivity contribution in [2.45, 2.75) is 12.5 Å². The van der Waals surface area contributed by atoms with Crippen LogP contribution in [0.5, 0.6) is 5.75 Å². The maximum Gasteiger partial charge on any atom is 0.322 e. The summed E-state index contributed by atoms with van der Waals surface area (Å²) >= 11 is 0. The van der Waals surface area contributed by atoms with Crippen LogP contribution in [0.15, 0.2) is 12.1 Å². The zero-order valence-corrected chi connectivity index (χ0v) is 11.4. The van der Waals surface area contributed by atoms with Crippen LogP contribution in [0.25, 0.3) is 0 Å². The van der Waals surface area contributed by atoms with Gasteiger partial charge in [0, 0.05) is 12.5 Å². The molecule has 0 aromatic heterocycles. The van der Waals surface area contributed by atoms with Gasteiger partial charge in [0.15, 0.2) is 11.6 Å². The summed E-state index contributed by atoms with van der Waals surface area (Å²) in [5.41, 5.74) is -0.970. The fourth-order valence-electron chi connectivity index (χ4n) is 1.58. The Bertz CT molecular complexity index is 539. The van der Waals surface area contributed by atoms with Gasteiger partial charge in [0.2, 0.25) is 5.82 Å². The smallest absolute Gasteiger partial charge is 0.322 e. The highest BCUT2D eigenvalue weighted by molar-refractivity contribution is 5.75. The molecule has 0 saturated carbocycles. The van der Waals surface area contributed by atoms with Gasteiger partial charge in [0.25, 0.3) is 0 Å². The molecule has 21 heavy (non-hydrogen) atoms. The average molecular weight is 304 g/mol. The molecule has 0 radical (unpaired) electrons. The molecule has 1 N–H and O–H groups in total. The Morgan fingerprint density at radius 1 is 1.43 bits per heavy atom. The predicted octanol–water partition coefficient (Wildman–Crippen LogP) is 1.40. The van der Waals surface area contributed by atoms with Gasteiger partial charge in [0.05, 0.1) is 24.7 Å². The molecule has 0 aliphatic heterocycles. The van der Waals surface area contributed by atoms with Gasteiger partial charge in [-0.15, -0.1) is 0 Å². The van der Waals surface area contributed by atoms with E-state index in [0.717, 1.165) is 0 Å². The van der Waals surface area contributed by atoms with Crippen molar-refractivity contribution < 1.29 is 28.0 Å². The maximum atomic E-state index is 13.5. The summed E-state index contributed by atoms with van der Waals surface area (Å²) in [5, 5.41) is 13.1. The molecule has 0 aliphatic carbocycles. The number of methoxy groups -OCH3 is 1. The number of rotatable bonds is 7. The number of hydrogen-bond donors (Lipinski definition) is 1. The lowest BCUT2D eigenvalue weighted by molar-refractivity contribution is -0.387. The Kier molecular flexibility index (Phi) is 5.97. The van der Waals surface area contributed by atoms with E-state index >= 15 is 0 Å². The third-order valence-corrected chi connectivity index (χ3v) is 2.70. The molecule has 7 nitrogen and oxygen atoms in total. The van der Waals surface area contributed by atoms with Crippen LogP contribution in [0, 0.1) is 21.7 Å². The number of hydrogen-bond acceptors (Lipinski definition) is 6. The summed E-state index contributed by atoms with van der Waals surface area (Å²) in [7, 11) is 2.76. The van der Waals surface area contributed by atoms with E-state index in [9.17, 15) is 23.7 Å². The normalized spacial score (nSPS) is 11.8. The van der Waals surface area contributed by atoms with Crippen molar-refractivity contribution in [3.8, 4) is 5.75 Å². The first kappa shape index (κ1) is 16.8. The number of nitrogens with one attached hydrogen (secondary N) is 1. The van der Waals surface area contributed by atoms with Crippen LogP contribution in [0.3, 0.4) is 0 Å². The van der Waals surface area contributed by atoms with Crippen molar-refractivity contribution in [1.82, 2.24) is 5.32 Å². The van der Waals surface area contributed by atoms with Crippen molar-refractivity contribution >= 4 is 11.7 Å². The van der Waals surface area contributed by atoms with Crippen LogP contribution < -0.4 is 10.1 Å². The van der Waals surface area contributed by atoms with Gasteiger partial charge in [-0.05, 0) is 7.05 Å². The Balaban J connectivity index is 2.70. The summed E-state index contributed by atoms with van der Waals surface area (Å²) in [5.74, 6) is -3.23. The number of nitrogens with zero attached hydrogens (tertiary/aromatic N) is 1. The Hall–Kier alpha value is -2.29. The summed E-state index contributed by atoms with van der Waals surface area (Å²) in [6, 6.07) is 0.390. The lowest BCUT2D eigenvalue weighted by atomic mass is 10.2. The molecular formula is C12H14F2N2O5.